The highest BCUT2D eigenvalue weighted by Crippen LogP contribution is 2.33. The molecule has 0 aliphatic rings. The van der Waals surface area contributed by atoms with Crippen molar-refractivity contribution in [3.8, 4) is 21.5 Å². The maximum absolute atomic E-state index is 12.3. The van der Waals surface area contributed by atoms with Crippen LogP contribution in [0.1, 0.15) is 5.56 Å². The smallest absolute Gasteiger partial charge is 0.347 e. The van der Waals surface area contributed by atoms with Gasteiger partial charge in [0.05, 0.1) is 31.6 Å². The van der Waals surface area contributed by atoms with Crippen molar-refractivity contribution in [3.05, 3.63) is 78.5 Å². The number of fused-ring (bicyclic) bond motifs is 2. The molecule has 29 heavy (non-hydrogen) atoms. The average molecular weight is 514 g/mol. The molecule has 0 aliphatic heterocycles. The minimum Gasteiger partial charge on any atom is -0.402 e. The van der Waals surface area contributed by atoms with E-state index in [4.69, 9.17) is 8.83 Å². The number of benzene rings is 2. The van der Waals surface area contributed by atoms with Gasteiger partial charge in [-0.05, 0) is 77.5 Å². The Kier molecular flexibility index (Phi) is 4.32. The van der Waals surface area contributed by atoms with E-state index in [0.717, 1.165) is 9.13 Å². The highest BCUT2D eigenvalue weighted by atomic mass is 127. The molecule has 5 aromatic rings. The zero-order valence-corrected chi connectivity index (χ0v) is 17.9. The van der Waals surface area contributed by atoms with E-state index in [1.165, 1.54) is 11.3 Å². The molecule has 0 saturated carbocycles. The third-order valence-electron chi connectivity index (χ3n) is 4.40. The van der Waals surface area contributed by atoms with Gasteiger partial charge in [0, 0.05) is 3.57 Å². The molecule has 5 rings (SSSR count). The Balaban J connectivity index is 1.63. The fraction of sp³-hybridized carbons (Fsp3) is 0.0476. The molecule has 0 saturated heterocycles. The van der Waals surface area contributed by atoms with E-state index < -0.39 is 11.3 Å². The van der Waals surface area contributed by atoms with Crippen molar-refractivity contribution in [1.29, 1.82) is 0 Å². The lowest BCUT2D eigenvalue weighted by Crippen LogP contribution is -2.02. The van der Waals surface area contributed by atoms with Crippen LogP contribution < -0.4 is 11.3 Å². The summed E-state index contributed by atoms with van der Waals surface area (Å²) >= 11 is 3.46. The Morgan fingerprint density at radius 2 is 1.34 bits per heavy atom. The zero-order valence-electron chi connectivity index (χ0n) is 14.9. The lowest BCUT2D eigenvalue weighted by atomic mass is 10.2. The molecule has 2 aromatic carbocycles. The largest absolute Gasteiger partial charge is 0.402 e. The van der Waals surface area contributed by atoms with Gasteiger partial charge in [-0.3, -0.25) is 0 Å². The summed E-state index contributed by atoms with van der Waals surface area (Å²) in [5.41, 5.74) is 1.28. The van der Waals surface area contributed by atoms with Crippen LogP contribution in [0.5, 0.6) is 0 Å². The van der Waals surface area contributed by atoms with Crippen molar-refractivity contribution in [2.24, 2.45) is 0 Å². The Bertz CT molecular complexity index is 1420. The number of halogens is 1. The predicted molar refractivity (Wildman–Crippen MR) is 120 cm³/mol. The summed E-state index contributed by atoms with van der Waals surface area (Å²) < 4.78 is 11.8. The van der Waals surface area contributed by atoms with Crippen LogP contribution in [-0.4, -0.2) is 9.97 Å². The topological polar surface area (TPSA) is 86.2 Å². The second-order valence-corrected chi connectivity index (χ2v) is 8.79. The molecule has 0 atom stereocenters. The SMILES string of the molecule is Cc1ccc2c(=O)oc(-c3ccc(-c4nc5cc(I)ccc5c(=O)o4)s3)nc2c1. The zero-order chi connectivity index (χ0) is 20.1. The molecule has 0 unspecified atom stereocenters. The average Bonchev–Trinajstić information content (AvgIpc) is 3.17. The van der Waals surface area contributed by atoms with Crippen LogP contribution in [-0.2, 0) is 0 Å². The summed E-state index contributed by atoms with van der Waals surface area (Å²) in [6.07, 6.45) is 0. The molecule has 0 N–H and O–H groups in total. The molecule has 6 nitrogen and oxygen atoms in total. The molecule has 0 spiro atoms. The summed E-state index contributed by atoms with van der Waals surface area (Å²) in [7, 11) is 0. The van der Waals surface area contributed by atoms with E-state index in [1.54, 1.807) is 24.3 Å². The minimum absolute atomic E-state index is 0.222. The summed E-state index contributed by atoms with van der Waals surface area (Å²) in [5, 5.41) is 0.872. The first kappa shape index (κ1) is 18.2. The second-order valence-electron chi connectivity index (χ2n) is 6.46. The number of thiophene rings is 1. The van der Waals surface area contributed by atoms with Gasteiger partial charge in [-0.25, -0.2) is 19.6 Å². The molecule has 0 fully saturated rings. The molecule has 0 amide bonds. The molecule has 0 bridgehead atoms. The van der Waals surface area contributed by atoms with Crippen LogP contribution in [0.2, 0.25) is 0 Å². The standard InChI is InChI=1S/C21H11IN2O4S/c1-10-2-4-12-14(8-10)23-18(27-20(12)25)16-6-7-17(29-16)19-24-15-9-11(22)3-5-13(15)21(26)28-19/h2-9H,1H3. The second kappa shape index (κ2) is 6.89. The maximum atomic E-state index is 12.3. The molecule has 3 aromatic heterocycles. The van der Waals surface area contributed by atoms with E-state index in [-0.39, 0.29) is 11.8 Å². The Morgan fingerprint density at radius 1 is 0.793 bits per heavy atom. The third kappa shape index (κ3) is 3.28. The number of aryl methyl sites for hydroxylation is 1. The number of aromatic nitrogens is 2. The first-order valence-electron chi connectivity index (χ1n) is 8.60. The van der Waals surface area contributed by atoms with E-state index in [2.05, 4.69) is 32.6 Å². The van der Waals surface area contributed by atoms with Crippen LogP contribution in [0.3, 0.4) is 0 Å². The Labute approximate surface area is 181 Å². The van der Waals surface area contributed by atoms with Crippen LogP contribution in [0, 0.1) is 10.5 Å². The number of hydrogen-bond donors (Lipinski definition) is 0. The van der Waals surface area contributed by atoms with Gasteiger partial charge in [0.2, 0.25) is 11.8 Å². The number of hydrogen-bond acceptors (Lipinski definition) is 7. The van der Waals surface area contributed by atoms with Crippen molar-refractivity contribution >= 4 is 55.7 Å². The fourth-order valence-electron chi connectivity index (χ4n) is 3.01. The van der Waals surface area contributed by atoms with Crippen molar-refractivity contribution in [1.82, 2.24) is 9.97 Å². The highest BCUT2D eigenvalue weighted by Gasteiger charge is 2.15. The molecular formula is C21H11IN2O4S. The summed E-state index contributed by atoms with van der Waals surface area (Å²) in [5.74, 6) is 0.446. The van der Waals surface area contributed by atoms with E-state index in [9.17, 15) is 9.59 Å². The molecule has 8 heteroatoms. The first-order valence-corrected chi connectivity index (χ1v) is 10.5. The molecule has 0 radical (unpaired) electrons. The van der Waals surface area contributed by atoms with Crippen molar-refractivity contribution in [3.63, 3.8) is 0 Å². The van der Waals surface area contributed by atoms with Crippen LogP contribution in [0.15, 0.2) is 67.0 Å². The maximum Gasteiger partial charge on any atom is 0.347 e. The molecule has 142 valence electrons. The monoisotopic (exact) mass is 514 g/mol. The quantitative estimate of drug-likeness (QED) is 0.309. The molecule has 3 heterocycles. The van der Waals surface area contributed by atoms with E-state index >= 15 is 0 Å². The van der Waals surface area contributed by atoms with Gasteiger partial charge in [-0.1, -0.05) is 6.07 Å². The van der Waals surface area contributed by atoms with Crippen LogP contribution in [0.4, 0.5) is 0 Å². The normalized spacial score (nSPS) is 11.4. The first-order chi connectivity index (χ1) is 14.0. The lowest BCUT2D eigenvalue weighted by Gasteiger charge is -2.01. The van der Waals surface area contributed by atoms with E-state index in [0.29, 0.717) is 31.6 Å². The van der Waals surface area contributed by atoms with Gasteiger partial charge in [-0.2, -0.15) is 0 Å². The number of nitrogens with zero attached hydrogens (tertiary/aromatic N) is 2. The minimum atomic E-state index is -0.442. The third-order valence-corrected chi connectivity index (χ3v) is 6.14. The van der Waals surface area contributed by atoms with Gasteiger partial charge in [0.25, 0.3) is 0 Å². The Morgan fingerprint density at radius 3 is 1.97 bits per heavy atom. The molecule has 0 aliphatic carbocycles. The van der Waals surface area contributed by atoms with Crippen LogP contribution in [0.25, 0.3) is 43.3 Å². The Hall–Kier alpha value is -2.85. The van der Waals surface area contributed by atoms with E-state index in [1.807, 2.05) is 31.2 Å². The number of rotatable bonds is 2. The van der Waals surface area contributed by atoms with Gasteiger partial charge in [0.15, 0.2) is 0 Å². The van der Waals surface area contributed by atoms with Gasteiger partial charge >= 0.3 is 11.3 Å². The van der Waals surface area contributed by atoms with Gasteiger partial charge in [-0.15, -0.1) is 11.3 Å². The molecular weight excluding hydrogens is 503 g/mol. The van der Waals surface area contributed by atoms with Crippen molar-refractivity contribution in [2.45, 2.75) is 6.92 Å². The predicted octanol–water partition coefficient (Wildman–Crippen LogP) is 5.00. The van der Waals surface area contributed by atoms with Gasteiger partial charge in [0.1, 0.15) is 0 Å². The summed E-state index contributed by atoms with van der Waals surface area (Å²) in [6.45, 7) is 1.94. The highest BCUT2D eigenvalue weighted by molar-refractivity contribution is 14.1. The van der Waals surface area contributed by atoms with Crippen molar-refractivity contribution in [2.75, 3.05) is 0 Å². The lowest BCUT2D eigenvalue weighted by molar-refractivity contribution is 0.519. The van der Waals surface area contributed by atoms with Crippen LogP contribution >= 0.6 is 33.9 Å². The fourth-order valence-corrected chi connectivity index (χ4v) is 4.34. The van der Waals surface area contributed by atoms with Gasteiger partial charge < -0.3 is 8.83 Å². The van der Waals surface area contributed by atoms with Crippen molar-refractivity contribution < 1.29 is 8.83 Å². The summed E-state index contributed by atoms with van der Waals surface area (Å²) in [6, 6.07) is 14.3. The summed E-state index contributed by atoms with van der Waals surface area (Å²) in [4.78, 5) is 34.9.